The van der Waals surface area contributed by atoms with E-state index in [1.807, 2.05) is 13.8 Å². The number of ether oxygens (including phenoxy) is 1. The minimum atomic E-state index is -0.440. The number of aryl methyl sites for hydroxylation is 1. The summed E-state index contributed by atoms with van der Waals surface area (Å²) in [6, 6.07) is 4.82. The molecule has 0 radical (unpaired) electrons. The predicted molar refractivity (Wildman–Crippen MR) is 72.8 cm³/mol. The second kappa shape index (κ2) is 5.88. The number of hydrogen-bond acceptors (Lipinski definition) is 3. The standard InChI is InChI=1S/C15H22FNO2/c1-3-17-15(9-18,12-5-6-12)10-19-14-8-11(2)4-7-13(14)16/h4,7-8,12,17-18H,3,5-6,9-10H2,1-2H3. The van der Waals surface area contributed by atoms with Gasteiger partial charge in [0.2, 0.25) is 0 Å². The van der Waals surface area contributed by atoms with E-state index in [1.54, 1.807) is 12.1 Å². The average Bonchev–Trinajstić information content (AvgIpc) is 3.23. The Morgan fingerprint density at radius 3 is 2.79 bits per heavy atom. The van der Waals surface area contributed by atoms with Crippen LogP contribution >= 0.6 is 0 Å². The summed E-state index contributed by atoms with van der Waals surface area (Å²) in [6.07, 6.45) is 2.18. The van der Waals surface area contributed by atoms with E-state index in [2.05, 4.69) is 5.32 Å². The van der Waals surface area contributed by atoms with Gasteiger partial charge in [0.15, 0.2) is 11.6 Å². The quantitative estimate of drug-likeness (QED) is 0.796. The lowest BCUT2D eigenvalue weighted by molar-refractivity contribution is 0.0845. The summed E-state index contributed by atoms with van der Waals surface area (Å²) in [5.74, 6) is 0.325. The van der Waals surface area contributed by atoms with Crippen molar-refractivity contribution in [2.24, 2.45) is 5.92 Å². The Kier molecular flexibility index (Phi) is 4.42. The normalized spacial score (nSPS) is 18.1. The first kappa shape index (κ1) is 14.3. The minimum Gasteiger partial charge on any atom is -0.488 e. The molecule has 0 bridgehead atoms. The molecule has 0 spiro atoms. The SMILES string of the molecule is CCNC(CO)(COc1cc(C)ccc1F)C1CC1. The smallest absolute Gasteiger partial charge is 0.165 e. The Hall–Kier alpha value is -1.13. The molecule has 2 N–H and O–H groups in total. The van der Waals surface area contributed by atoms with Crippen LogP contribution in [0.2, 0.25) is 0 Å². The van der Waals surface area contributed by atoms with Crippen molar-refractivity contribution in [3.8, 4) is 5.75 Å². The molecule has 1 aromatic rings. The molecule has 4 heteroatoms. The summed E-state index contributed by atoms with van der Waals surface area (Å²) < 4.78 is 19.3. The van der Waals surface area contributed by atoms with Gasteiger partial charge in [-0.2, -0.15) is 0 Å². The number of nitrogens with one attached hydrogen (secondary N) is 1. The summed E-state index contributed by atoms with van der Waals surface area (Å²) in [5.41, 5.74) is 0.520. The number of rotatable bonds is 7. The molecule has 1 fully saturated rings. The van der Waals surface area contributed by atoms with E-state index in [0.29, 0.717) is 12.5 Å². The van der Waals surface area contributed by atoms with Crippen LogP contribution < -0.4 is 10.1 Å². The molecule has 1 unspecified atom stereocenters. The second-order valence-electron chi connectivity index (χ2n) is 5.34. The number of hydrogen-bond donors (Lipinski definition) is 2. The molecule has 1 aliphatic carbocycles. The molecule has 0 amide bonds. The highest BCUT2D eigenvalue weighted by Gasteiger charge is 2.45. The van der Waals surface area contributed by atoms with Gasteiger partial charge < -0.3 is 15.2 Å². The van der Waals surface area contributed by atoms with Gasteiger partial charge in [0.25, 0.3) is 0 Å². The largest absolute Gasteiger partial charge is 0.488 e. The van der Waals surface area contributed by atoms with Gasteiger partial charge in [0.05, 0.1) is 12.1 Å². The third kappa shape index (κ3) is 3.25. The molecule has 0 aliphatic heterocycles. The topological polar surface area (TPSA) is 41.5 Å². The third-order valence-electron chi connectivity index (χ3n) is 3.74. The maximum atomic E-state index is 13.6. The number of aliphatic hydroxyl groups excluding tert-OH is 1. The van der Waals surface area contributed by atoms with E-state index < -0.39 is 5.54 Å². The summed E-state index contributed by atoms with van der Waals surface area (Å²) in [6.45, 7) is 4.97. The zero-order chi connectivity index (χ0) is 13.9. The summed E-state index contributed by atoms with van der Waals surface area (Å²) >= 11 is 0. The molecule has 106 valence electrons. The molecular weight excluding hydrogens is 245 g/mol. The van der Waals surface area contributed by atoms with Crippen molar-refractivity contribution in [2.75, 3.05) is 19.8 Å². The zero-order valence-corrected chi connectivity index (χ0v) is 11.6. The van der Waals surface area contributed by atoms with Crippen LogP contribution in [0.5, 0.6) is 5.75 Å². The van der Waals surface area contributed by atoms with Gasteiger partial charge in [-0.15, -0.1) is 0 Å². The van der Waals surface area contributed by atoms with E-state index in [9.17, 15) is 9.50 Å². The van der Waals surface area contributed by atoms with Crippen molar-refractivity contribution >= 4 is 0 Å². The Morgan fingerprint density at radius 1 is 1.47 bits per heavy atom. The van der Waals surface area contributed by atoms with E-state index in [0.717, 1.165) is 24.9 Å². The first-order chi connectivity index (χ1) is 9.11. The molecule has 1 atom stereocenters. The van der Waals surface area contributed by atoms with Crippen LogP contribution in [0, 0.1) is 18.7 Å². The maximum Gasteiger partial charge on any atom is 0.165 e. The van der Waals surface area contributed by atoms with Gasteiger partial charge in [-0.3, -0.25) is 0 Å². The second-order valence-corrected chi connectivity index (χ2v) is 5.34. The summed E-state index contributed by atoms with van der Waals surface area (Å²) in [4.78, 5) is 0. The Bertz CT molecular complexity index is 434. The van der Waals surface area contributed by atoms with Gasteiger partial charge in [-0.05, 0) is 49.9 Å². The van der Waals surface area contributed by atoms with Crippen LogP contribution in [0.15, 0.2) is 18.2 Å². The lowest BCUT2D eigenvalue weighted by Crippen LogP contribution is -2.55. The lowest BCUT2D eigenvalue weighted by Gasteiger charge is -2.33. The zero-order valence-electron chi connectivity index (χ0n) is 11.6. The van der Waals surface area contributed by atoms with Gasteiger partial charge in [0.1, 0.15) is 6.61 Å². The Labute approximate surface area is 113 Å². The van der Waals surface area contributed by atoms with Crippen molar-refractivity contribution < 1.29 is 14.2 Å². The predicted octanol–water partition coefficient (Wildman–Crippen LogP) is 2.26. The van der Waals surface area contributed by atoms with Crippen LogP contribution in [-0.4, -0.2) is 30.4 Å². The number of halogens is 1. The molecule has 1 aliphatic rings. The fourth-order valence-electron chi connectivity index (χ4n) is 2.46. The van der Waals surface area contributed by atoms with Crippen LogP contribution in [0.1, 0.15) is 25.3 Å². The van der Waals surface area contributed by atoms with E-state index in [1.165, 1.54) is 6.07 Å². The van der Waals surface area contributed by atoms with E-state index >= 15 is 0 Å². The number of aliphatic hydroxyl groups is 1. The van der Waals surface area contributed by atoms with Gasteiger partial charge in [0, 0.05) is 0 Å². The highest BCUT2D eigenvalue weighted by molar-refractivity contribution is 5.29. The number of likely N-dealkylation sites (N-methyl/N-ethyl adjacent to an activating group) is 1. The van der Waals surface area contributed by atoms with Gasteiger partial charge >= 0.3 is 0 Å². The monoisotopic (exact) mass is 267 g/mol. The summed E-state index contributed by atoms with van der Waals surface area (Å²) in [5, 5.41) is 13.0. The van der Waals surface area contributed by atoms with Crippen molar-refractivity contribution in [1.82, 2.24) is 5.32 Å². The molecule has 2 rings (SSSR count). The molecular formula is C15H22FNO2. The molecule has 0 heterocycles. The molecule has 1 saturated carbocycles. The maximum absolute atomic E-state index is 13.6. The minimum absolute atomic E-state index is 0.0128. The first-order valence-corrected chi connectivity index (χ1v) is 6.86. The van der Waals surface area contributed by atoms with E-state index in [-0.39, 0.29) is 18.2 Å². The molecule has 1 aromatic carbocycles. The molecule has 0 aromatic heterocycles. The van der Waals surface area contributed by atoms with Crippen molar-refractivity contribution in [2.45, 2.75) is 32.2 Å². The van der Waals surface area contributed by atoms with Gasteiger partial charge in [-0.1, -0.05) is 13.0 Å². The van der Waals surface area contributed by atoms with E-state index in [4.69, 9.17) is 4.74 Å². The van der Waals surface area contributed by atoms with Crippen molar-refractivity contribution in [3.05, 3.63) is 29.6 Å². The van der Waals surface area contributed by atoms with Gasteiger partial charge in [-0.25, -0.2) is 4.39 Å². The highest BCUT2D eigenvalue weighted by atomic mass is 19.1. The van der Waals surface area contributed by atoms with Crippen LogP contribution in [0.25, 0.3) is 0 Å². The van der Waals surface area contributed by atoms with Crippen LogP contribution in [0.4, 0.5) is 4.39 Å². The first-order valence-electron chi connectivity index (χ1n) is 6.86. The Morgan fingerprint density at radius 2 is 2.21 bits per heavy atom. The van der Waals surface area contributed by atoms with Crippen molar-refractivity contribution in [1.29, 1.82) is 0 Å². The third-order valence-corrected chi connectivity index (χ3v) is 3.74. The molecule has 0 saturated heterocycles. The summed E-state index contributed by atoms with van der Waals surface area (Å²) in [7, 11) is 0. The average molecular weight is 267 g/mol. The van der Waals surface area contributed by atoms with Crippen LogP contribution in [-0.2, 0) is 0 Å². The Balaban J connectivity index is 2.07. The fourth-order valence-corrected chi connectivity index (χ4v) is 2.46. The van der Waals surface area contributed by atoms with Crippen LogP contribution in [0.3, 0.4) is 0 Å². The number of benzene rings is 1. The lowest BCUT2D eigenvalue weighted by atomic mass is 9.95. The molecule has 3 nitrogen and oxygen atoms in total. The van der Waals surface area contributed by atoms with Crippen molar-refractivity contribution in [3.63, 3.8) is 0 Å². The fraction of sp³-hybridized carbons (Fsp3) is 0.600. The highest BCUT2D eigenvalue weighted by Crippen LogP contribution is 2.40. The molecule has 19 heavy (non-hydrogen) atoms.